The topological polar surface area (TPSA) is 26.0 Å². The minimum Gasteiger partial charge on any atom is -0.327 e. The Morgan fingerprint density at radius 2 is 1.81 bits per heavy atom. The highest BCUT2D eigenvalue weighted by molar-refractivity contribution is 5.26. The van der Waals surface area contributed by atoms with Crippen LogP contribution in [0.2, 0.25) is 0 Å². The number of nitrogens with two attached hydrogens (primary N) is 1. The van der Waals surface area contributed by atoms with Gasteiger partial charge in [-0.05, 0) is 37.3 Å². The molecule has 0 saturated heterocycles. The zero-order chi connectivity index (χ0) is 11.7. The normalized spacial score (nSPS) is 30.4. The van der Waals surface area contributed by atoms with Crippen LogP contribution in [0.15, 0.2) is 18.2 Å². The van der Waals surface area contributed by atoms with Gasteiger partial charge >= 0.3 is 0 Å². The largest absolute Gasteiger partial charge is 0.327 e. The maximum absolute atomic E-state index is 13.6. The third kappa shape index (κ3) is 2.09. The lowest BCUT2D eigenvalue weighted by Gasteiger charge is -2.33. The van der Waals surface area contributed by atoms with Crippen molar-refractivity contribution in [1.29, 1.82) is 0 Å². The van der Waals surface area contributed by atoms with E-state index in [1.165, 1.54) is 18.2 Å². The highest BCUT2D eigenvalue weighted by atomic mass is 19.1. The van der Waals surface area contributed by atoms with Crippen LogP contribution in [0.1, 0.15) is 37.7 Å². The summed E-state index contributed by atoms with van der Waals surface area (Å²) in [6.07, 6.45) is 2.67. The minimum absolute atomic E-state index is 0.123. The number of hydrogen-bond acceptors (Lipinski definition) is 1. The van der Waals surface area contributed by atoms with E-state index in [2.05, 4.69) is 6.92 Å². The third-order valence-electron chi connectivity index (χ3n) is 3.54. The number of benzene rings is 1. The first kappa shape index (κ1) is 11.5. The van der Waals surface area contributed by atoms with Crippen molar-refractivity contribution in [3.63, 3.8) is 0 Å². The molecule has 2 N–H and O–H groups in total. The monoisotopic (exact) mass is 225 g/mol. The average molecular weight is 225 g/mol. The quantitative estimate of drug-likeness (QED) is 0.780. The summed E-state index contributed by atoms with van der Waals surface area (Å²) in [6, 6.07) is 3.89. The molecular weight excluding hydrogens is 208 g/mol. The van der Waals surface area contributed by atoms with E-state index in [4.69, 9.17) is 5.73 Å². The van der Waals surface area contributed by atoms with Crippen LogP contribution in [0.4, 0.5) is 8.78 Å². The Balaban J connectivity index is 2.35. The van der Waals surface area contributed by atoms with Crippen LogP contribution in [-0.4, -0.2) is 6.04 Å². The second kappa shape index (κ2) is 4.50. The zero-order valence-corrected chi connectivity index (χ0v) is 9.42. The molecule has 1 nitrogen and oxygen atoms in total. The smallest absolute Gasteiger partial charge is 0.129 e. The molecule has 0 radical (unpaired) electrons. The molecule has 3 heteroatoms. The van der Waals surface area contributed by atoms with Gasteiger partial charge in [-0.15, -0.1) is 0 Å². The highest BCUT2D eigenvalue weighted by Gasteiger charge is 2.31. The van der Waals surface area contributed by atoms with Gasteiger partial charge in [-0.1, -0.05) is 13.0 Å². The molecular formula is C13H17F2N. The first-order chi connectivity index (χ1) is 7.59. The van der Waals surface area contributed by atoms with Gasteiger partial charge in [0.25, 0.3) is 0 Å². The maximum atomic E-state index is 13.6. The Morgan fingerprint density at radius 3 is 2.44 bits per heavy atom. The molecule has 1 aliphatic rings. The molecule has 1 aliphatic carbocycles. The molecule has 88 valence electrons. The molecule has 1 aromatic rings. The van der Waals surface area contributed by atoms with Gasteiger partial charge in [0.15, 0.2) is 0 Å². The van der Waals surface area contributed by atoms with E-state index < -0.39 is 11.6 Å². The van der Waals surface area contributed by atoms with Gasteiger partial charge in [0.05, 0.1) is 0 Å². The fourth-order valence-electron chi connectivity index (χ4n) is 2.60. The van der Waals surface area contributed by atoms with Crippen LogP contribution in [0, 0.1) is 17.6 Å². The van der Waals surface area contributed by atoms with Crippen molar-refractivity contribution < 1.29 is 8.78 Å². The van der Waals surface area contributed by atoms with E-state index >= 15 is 0 Å². The van der Waals surface area contributed by atoms with E-state index in [1.54, 1.807) is 0 Å². The molecule has 1 aromatic carbocycles. The van der Waals surface area contributed by atoms with Crippen LogP contribution in [-0.2, 0) is 0 Å². The highest BCUT2D eigenvalue weighted by Crippen LogP contribution is 2.37. The van der Waals surface area contributed by atoms with Gasteiger partial charge < -0.3 is 5.73 Å². The summed E-state index contributed by atoms with van der Waals surface area (Å²) >= 11 is 0. The minimum atomic E-state index is -0.463. The van der Waals surface area contributed by atoms with Gasteiger partial charge in [-0.3, -0.25) is 0 Å². The van der Waals surface area contributed by atoms with Crippen molar-refractivity contribution in [3.05, 3.63) is 35.4 Å². The molecule has 0 aliphatic heterocycles. The molecule has 3 atom stereocenters. The third-order valence-corrected chi connectivity index (χ3v) is 3.54. The number of rotatable bonds is 1. The Kier molecular flexibility index (Phi) is 3.24. The summed E-state index contributed by atoms with van der Waals surface area (Å²) in [6.45, 7) is 2.11. The van der Waals surface area contributed by atoms with Gasteiger partial charge in [0.1, 0.15) is 11.6 Å². The second-order valence-corrected chi connectivity index (χ2v) is 4.82. The summed E-state index contributed by atoms with van der Waals surface area (Å²) in [5.41, 5.74) is 6.16. The summed E-state index contributed by atoms with van der Waals surface area (Å²) in [5.74, 6) is -0.613. The van der Waals surface area contributed by atoms with Crippen LogP contribution < -0.4 is 5.73 Å². The fraction of sp³-hybridized carbons (Fsp3) is 0.538. The Morgan fingerprint density at radius 1 is 1.19 bits per heavy atom. The van der Waals surface area contributed by atoms with Gasteiger partial charge in [-0.25, -0.2) is 8.78 Å². The molecule has 0 spiro atoms. The van der Waals surface area contributed by atoms with Crippen LogP contribution in [0.5, 0.6) is 0 Å². The van der Waals surface area contributed by atoms with Crippen LogP contribution >= 0.6 is 0 Å². The van der Waals surface area contributed by atoms with Gasteiger partial charge in [-0.2, -0.15) is 0 Å². The molecule has 1 saturated carbocycles. The fourth-order valence-corrected chi connectivity index (χ4v) is 2.60. The SMILES string of the molecule is CC1CCC(N)C(c2c(F)cccc2F)C1. The van der Waals surface area contributed by atoms with Crippen molar-refractivity contribution in [2.75, 3.05) is 0 Å². The van der Waals surface area contributed by atoms with Crippen LogP contribution in [0.25, 0.3) is 0 Å². The molecule has 2 rings (SSSR count). The van der Waals surface area contributed by atoms with E-state index in [1.807, 2.05) is 0 Å². The van der Waals surface area contributed by atoms with E-state index in [0.29, 0.717) is 5.92 Å². The lowest BCUT2D eigenvalue weighted by atomic mass is 9.75. The first-order valence-corrected chi connectivity index (χ1v) is 5.79. The van der Waals surface area contributed by atoms with Gasteiger partial charge in [0.2, 0.25) is 0 Å². The number of halogens is 2. The van der Waals surface area contributed by atoms with Crippen molar-refractivity contribution in [3.8, 4) is 0 Å². The summed E-state index contributed by atoms with van der Waals surface area (Å²) in [7, 11) is 0. The Hall–Kier alpha value is -0.960. The zero-order valence-electron chi connectivity index (χ0n) is 9.42. The Bertz CT molecular complexity index is 358. The standard InChI is InChI=1S/C13H17F2N/c1-8-5-6-12(16)9(7-8)13-10(14)3-2-4-11(13)15/h2-4,8-9,12H,5-7,16H2,1H3. The molecule has 0 amide bonds. The molecule has 3 unspecified atom stereocenters. The Labute approximate surface area is 94.7 Å². The van der Waals surface area contributed by atoms with E-state index in [9.17, 15) is 8.78 Å². The molecule has 0 bridgehead atoms. The number of hydrogen-bond donors (Lipinski definition) is 1. The molecule has 0 heterocycles. The lowest BCUT2D eigenvalue weighted by molar-refractivity contribution is 0.295. The molecule has 0 aromatic heterocycles. The predicted octanol–water partition coefficient (Wildman–Crippen LogP) is 3.20. The van der Waals surface area contributed by atoms with E-state index in [0.717, 1.165) is 19.3 Å². The molecule has 16 heavy (non-hydrogen) atoms. The second-order valence-electron chi connectivity index (χ2n) is 4.82. The predicted molar refractivity (Wildman–Crippen MR) is 60.1 cm³/mol. The van der Waals surface area contributed by atoms with Crippen molar-refractivity contribution in [2.24, 2.45) is 11.7 Å². The van der Waals surface area contributed by atoms with Crippen LogP contribution in [0.3, 0.4) is 0 Å². The van der Waals surface area contributed by atoms with Gasteiger partial charge in [0, 0.05) is 17.5 Å². The summed E-state index contributed by atoms with van der Waals surface area (Å²) < 4.78 is 27.3. The van der Waals surface area contributed by atoms with Crippen molar-refractivity contribution in [2.45, 2.75) is 38.1 Å². The maximum Gasteiger partial charge on any atom is 0.129 e. The lowest BCUT2D eigenvalue weighted by Crippen LogP contribution is -2.35. The molecule has 1 fully saturated rings. The summed E-state index contributed by atoms with van der Waals surface area (Å²) in [5, 5.41) is 0. The van der Waals surface area contributed by atoms with E-state index in [-0.39, 0.29) is 17.5 Å². The summed E-state index contributed by atoms with van der Waals surface area (Å²) in [4.78, 5) is 0. The first-order valence-electron chi connectivity index (χ1n) is 5.79. The van der Waals surface area contributed by atoms with Crippen molar-refractivity contribution in [1.82, 2.24) is 0 Å². The average Bonchev–Trinajstić information content (AvgIpc) is 2.23. The van der Waals surface area contributed by atoms with Crippen molar-refractivity contribution >= 4 is 0 Å².